The summed E-state index contributed by atoms with van der Waals surface area (Å²) >= 11 is 5.89. The molecule has 1 N–H and O–H groups in total. The molecule has 0 radical (unpaired) electrons. The van der Waals surface area contributed by atoms with Crippen LogP contribution in [0.1, 0.15) is 18.9 Å². The van der Waals surface area contributed by atoms with Crippen LogP contribution in [0.3, 0.4) is 0 Å². The molecule has 4 heteroatoms. The Kier molecular flexibility index (Phi) is 5.59. The van der Waals surface area contributed by atoms with E-state index in [-0.39, 0.29) is 5.02 Å². The zero-order chi connectivity index (χ0) is 15.2. The van der Waals surface area contributed by atoms with E-state index in [2.05, 4.69) is 12.2 Å². The number of nitrogens with one attached hydrogen (secondary N) is 1. The molecule has 0 aromatic heterocycles. The first kappa shape index (κ1) is 15.8. The molecule has 2 aromatic rings. The number of benzene rings is 2. The number of ether oxygens (including phenoxy) is 1. The van der Waals surface area contributed by atoms with Gasteiger partial charge in [0, 0.05) is 6.54 Å². The molecule has 0 bridgehead atoms. The van der Waals surface area contributed by atoms with E-state index in [1.165, 1.54) is 6.07 Å². The van der Waals surface area contributed by atoms with Crippen LogP contribution >= 0.6 is 11.6 Å². The second-order valence-electron chi connectivity index (χ2n) is 4.83. The molecule has 0 atom stereocenters. The van der Waals surface area contributed by atoms with Crippen molar-refractivity contribution in [3.63, 3.8) is 0 Å². The van der Waals surface area contributed by atoms with Crippen molar-refractivity contribution in [2.24, 2.45) is 0 Å². The fourth-order valence-electron chi connectivity index (χ4n) is 2.19. The standard InChI is InChI=1S/C17H19ClFNO/c1-3-8-20-11-13-9-14(21-2)5-6-15(13)12-4-7-17(19)16(18)10-12/h4-7,9-10,20H,3,8,11H2,1-2H3. The molecule has 0 amide bonds. The largest absolute Gasteiger partial charge is 0.497 e. The zero-order valence-electron chi connectivity index (χ0n) is 12.2. The van der Waals surface area contributed by atoms with E-state index >= 15 is 0 Å². The van der Waals surface area contributed by atoms with Crippen LogP contribution in [0, 0.1) is 5.82 Å². The van der Waals surface area contributed by atoms with Gasteiger partial charge in [-0.1, -0.05) is 30.7 Å². The van der Waals surface area contributed by atoms with E-state index in [1.807, 2.05) is 18.2 Å². The van der Waals surface area contributed by atoms with Gasteiger partial charge in [0.25, 0.3) is 0 Å². The van der Waals surface area contributed by atoms with Crippen molar-refractivity contribution < 1.29 is 9.13 Å². The van der Waals surface area contributed by atoms with Gasteiger partial charge in [-0.25, -0.2) is 4.39 Å². The van der Waals surface area contributed by atoms with E-state index in [9.17, 15) is 4.39 Å². The molecule has 0 unspecified atom stereocenters. The average Bonchev–Trinajstić information content (AvgIpc) is 2.50. The first-order chi connectivity index (χ1) is 10.2. The van der Waals surface area contributed by atoms with Crippen molar-refractivity contribution in [1.29, 1.82) is 0 Å². The van der Waals surface area contributed by atoms with Gasteiger partial charge in [0.2, 0.25) is 0 Å². The summed E-state index contributed by atoms with van der Waals surface area (Å²) < 4.78 is 18.6. The van der Waals surface area contributed by atoms with E-state index in [1.54, 1.807) is 19.2 Å². The molecule has 0 aliphatic heterocycles. The molecule has 112 valence electrons. The second kappa shape index (κ2) is 7.43. The van der Waals surface area contributed by atoms with Gasteiger partial charge in [0.15, 0.2) is 0 Å². The minimum absolute atomic E-state index is 0.135. The smallest absolute Gasteiger partial charge is 0.141 e. The van der Waals surface area contributed by atoms with E-state index in [0.29, 0.717) is 0 Å². The molecule has 0 saturated carbocycles. The van der Waals surface area contributed by atoms with Crippen LogP contribution in [0.5, 0.6) is 5.75 Å². The molecular weight excluding hydrogens is 289 g/mol. The van der Waals surface area contributed by atoms with Crippen molar-refractivity contribution >= 4 is 11.6 Å². The highest BCUT2D eigenvalue weighted by Crippen LogP contribution is 2.30. The van der Waals surface area contributed by atoms with Gasteiger partial charge in [-0.15, -0.1) is 0 Å². The lowest BCUT2D eigenvalue weighted by Crippen LogP contribution is -2.14. The SMILES string of the molecule is CCCNCc1cc(OC)ccc1-c1ccc(F)c(Cl)c1. The lowest BCUT2D eigenvalue weighted by molar-refractivity contribution is 0.414. The van der Waals surface area contributed by atoms with Gasteiger partial charge in [-0.3, -0.25) is 0 Å². The number of halogens is 2. The normalized spacial score (nSPS) is 10.7. The summed E-state index contributed by atoms with van der Waals surface area (Å²) in [5.41, 5.74) is 3.03. The Balaban J connectivity index is 2.38. The second-order valence-corrected chi connectivity index (χ2v) is 5.24. The maximum absolute atomic E-state index is 13.3. The zero-order valence-corrected chi connectivity index (χ0v) is 13.0. The highest BCUT2D eigenvalue weighted by molar-refractivity contribution is 6.31. The Labute approximate surface area is 129 Å². The van der Waals surface area contributed by atoms with Crippen LogP contribution in [0.4, 0.5) is 4.39 Å². The highest BCUT2D eigenvalue weighted by Gasteiger charge is 2.09. The Morgan fingerprint density at radius 3 is 2.67 bits per heavy atom. The third kappa shape index (κ3) is 3.96. The van der Waals surface area contributed by atoms with Crippen molar-refractivity contribution in [3.05, 3.63) is 52.8 Å². The quantitative estimate of drug-likeness (QED) is 0.784. The van der Waals surface area contributed by atoms with Crippen molar-refractivity contribution in [3.8, 4) is 16.9 Å². The van der Waals surface area contributed by atoms with Gasteiger partial charge >= 0.3 is 0 Å². The summed E-state index contributed by atoms with van der Waals surface area (Å²) in [4.78, 5) is 0. The summed E-state index contributed by atoms with van der Waals surface area (Å²) in [5.74, 6) is 0.403. The van der Waals surface area contributed by atoms with Crippen LogP contribution < -0.4 is 10.1 Å². The first-order valence-corrected chi connectivity index (χ1v) is 7.36. The van der Waals surface area contributed by atoms with Crippen molar-refractivity contribution in [1.82, 2.24) is 5.32 Å². The van der Waals surface area contributed by atoms with E-state index in [4.69, 9.17) is 16.3 Å². The van der Waals surface area contributed by atoms with Crippen LogP contribution in [-0.2, 0) is 6.54 Å². The van der Waals surface area contributed by atoms with E-state index < -0.39 is 5.82 Å². The summed E-state index contributed by atoms with van der Waals surface area (Å²) in [6.45, 7) is 3.80. The minimum atomic E-state index is -0.403. The molecule has 0 saturated heterocycles. The number of hydrogen-bond donors (Lipinski definition) is 1. The molecule has 0 aliphatic carbocycles. The monoisotopic (exact) mass is 307 g/mol. The third-order valence-electron chi connectivity index (χ3n) is 3.29. The Morgan fingerprint density at radius 2 is 2.00 bits per heavy atom. The molecule has 2 nitrogen and oxygen atoms in total. The van der Waals surface area contributed by atoms with Crippen LogP contribution in [0.25, 0.3) is 11.1 Å². The Hall–Kier alpha value is -1.58. The van der Waals surface area contributed by atoms with Crippen LogP contribution in [-0.4, -0.2) is 13.7 Å². The maximum Gasteiger partial charge on any atom is 0.141 e. The summed E-state index contributed by atoms with van der Waals surface area (Å²) in [6.07, 6.45) is 1.07. The highest BCUT2D eigenvalue weighted by atomic mass is 35.5. The van der Waals surface area contributed by atoms with Crippen LogP contribution in [0.2, 0.25) is 5.02 Å². The first-order valence-electron chi connectivity index (χ1n) is 6.98. The lowest BCUT2D eigenvalue weighted by atomic mass is 9.99. The molecular formula is C17H19ClFNO. The summed E-state index contributed by atoms with van der Waals surface area (Å²) in [6, 6.07) is 10.7. The van der Waals surface area contributed by atoms with Gasteiger partial charge in [-0.05, 0) is 53.9 Å². The lowest BCUT2D eigenvalue weighted by Gasteiger charge is -2.13. The maximum atomic E-state index is 13.3. The summed E-state index contributed by atoms with van der Waals surface area (Å²) in [5, 5.41) is 3.51. The predicted molar refractivity (Wildman–Crippen MR) is 85.4 cm³/mol. The van der Waals surface area contributed by atoms with Gasteiger partial charge in [0.05, 0.1) is 12.1 Å². The minimum Gasteiger partial charge on any atom is -0.497 e. The molecule has 0 fully saturated rings. The van der Waals surface area contributed by atoms with E-state index in [0.717, 1.165) is 42.0 Å². The predicted octanol–water partition coefficient (Wildman–Crippen LogP) is 4.65. The fourth-order valence-corrected chi connectivity index (χ4v) is 2.37. The number of methoxy groups -OCH3 is 1. The Morgan fingerprint density at radius 1 is 1.19 bits per heavy atom. The molecule has 2 rings (SSSR count). The van der Waals surface area contributed by atoms with Crippen LogP contribution in [0.15, 0.2) is 36.4 Å². The third-order valence-corrected chi connectivity index (χ3v) is 3.57. The molecule has 2 aromatic carbocycles. The number of hydrogen-bond acceptors (Lipinski definition) is 2. The topological polar surface area (TPSA) is 21.3 Å². The Bertz CT molecular complexity index is 616. The molecule has 0 spiro atoms. The van der Waals surface area contributed by atoms with Gasteiger partial charge in [-0.2, -0.15) is 0 Å². The number of rotatable bonds is 6. The summed E-state index contributed by atoms with van der Waals surface area (Å²) in [7, 11) is 1.65. The van der Waals surface area contributed by atoms with Crippen molar-refractivity contribution in [2.45, 2.75) is 19.9 Å². The van der Waals surface area contributed by atoms with Gasteiger partial charge < -0.3 is 10.1 Å². The fraction of sp³-hybridized carbons (Fsp3) is 0.294. The molecule has 0 aliphatic rings. The average molecular weight is 308 g/mol. The van der Waals surface area contributed by atoms with Crippen molar-refractivity contribution in [2.75, 3.05) is 13.7 Å². The molecule has 0 heterocycles. The van der Waals surface area contributed by atoms with Gasteiger partial charge in [0.1, 0.15) is 11.6 Å². The molecule has 21 heavy (non-hydrogen) atoms.